The molecule has 13 nitrogen and oxygen atoms in total. The van der Waals surface area contributed by atoms with Crippen LogP contribution in [0.4, 0.5) is 4.79 Å². The first-order valence-corrected chi connectivity index (χ1v) is 10.8. The van der Waals surface area contributed by atoms with Crippen LogP contribution in [0.3, 0.4) is 0 Å². The Hall–Kier alpha value is -2.32. The summed E-state index contributed by atoms with van der Waals surface area (Å²) in [5, 5.41) is 17.6. The zero-order valence-corrected chi connectivity index (χ0v) is 18.6. The fourth-order valence-corrected chi connectivity index (χ4v) is 3.93. The van der Waals surface area contributed by atoms with Gasteiger partial charge >= 0.3 is 6.09 Å². The van der Waals surface area contributed by atoms with Crippen molar-refractivity contribution in [3.8, 4) is 0 Å². The molecule has 0 bridgehead atoms. The van der Waals surface area contributed by atoms with E-state index in [2.05, 4.69) is 20.8 Å². The maximum absolute atomic E-state index is 12.8. The van der Waals surface area contributed by atoms with E-state index in [-0.39, 0.29) is 30.8 Å². The van der Waals surface area contributed by atoms with Gasteiger partial charge in [-0.3, -0.25) is 9.59 Å². The van der Waals surface area contributed by atoms with E-state index in [0.29, 0.717) is 0 Å². The zero-order valence-electron chi connectivity index (χ0n) is 17.7. The highest BCUT2D eigenvalue weighted by Crippen LogP contribution is 2.29. The fraction of sp³-hybridized carbons (Fsp3) is 0.824. The highest BCUT2D eigenvalue weighted by molar-refractivity contribution is 7.99. The smallest absolute Gasteiger partial charge is 0.408 e. The second-order valence-corrected chi connectivity index (χ2v) is 9.06. The van der Waals surface area contributed by atoms with Gasteiger partial charge in [0.05, 0.1) is 25.1 Å². The van der Waals surface area contributed by atoms with Crippen molar-refractivity contribution in [2.24, 2.45) is 0 Å². The minimum absolute atomic E-state index is 0.0329. The molecule has 2 saturated heterocycles. The summed E-state index contributed by atoms with van der Waals surface area (Å²) in [6.07, 6.45) is -2.92. The van der Waals surface area contributed by atoms with E-state index in [0.717, 1.165) is 0 Å². The number of ether oxygens (including phenoxy) is 3. The van der Waals surface area contributed by atoms with Crippen molar-refractivity contribution < 1.29 is 38.5 Å². The lowest BCUT2D eigenvalue weighted by atomic mass is 10.1. The lowest BCUT2D eigenvalue weighted by Crippen LogP contribution is -2.54. The van der Waals surface area contributed by atoms with E-state index in [9.17, 15) is 24.5 Å². The zero-order chi connectivity index (χ0) is 23.2. The van der Waals surface area contributed by atoms with E-state index in [1.165, 1.54) is 18.7 Å². The lowest BCUT2D eigenvalue weighted by molar-refractivity contribution is -0.769. The van der Waals surface area contributed by atoms with Gasteiger partial charge in [-0.25, -0.2) is 4.79 Å². The number of nitrogens with one attached hydrogen (secondary N) is 3. The maximum atomic E-state index is 12.8. The quantitative estimate of drug-likeness (QED) is 0.176. The summed E-state index contributed by atoms with van der Waals surface area (Å²) in [7, 11) is 0. The number of fused-ring (bicyclic) bond motifs is 1. The molecule has 0 aromatic heterocycles. The van der Waals surface area contributed by atoms with Crippen molar-refractivity contribution >= 4 is 29.7 Å². The van der Waals surface area contributed by atoms with Gasteiger partial charge in [-0.15, -0.1) is 21.9 Å². The van der Waals surface area contributed by atoms with Crippen LogP contribution in [0, 0.1) is 10.1 Å². The highest BCUT2D eigenvalue weighted by atomic mass is 32.2. The average molecular weight is 464 g/mol. The number of carbonyl (C=O) groups is 3. The van der Waals surface area contributed by atoms with Gasteiger partial charge < -0.3 is 35.0 Å². The molecule has 2 fully saturated rings. The first-order chi connectivity index (χ1) is 14.5. The van der Waals surface area contributed by atoms with Crippen LogP contribution in [0.1, 0.15) is 27.7 Å². The molecule has 31 heavy (non-hydrogen) atoms. The van der Waals surface area contributed by atoms with Crippen LogP contribution in [0.25, 0.3) is 0 Å². The fourth-order valence-electron chi connectivity index (χ4n) is 3.03. The molecule has 5 atom stereocenters. The predicted molar refractivity (Wildman–Crippen MR) is 108 cm³/mol. The molecule has 2 aliphatic heterocycles. The third-order valence-electron chi connectivity index (χ3n) is 4.27. The van der Waals surface area contributed by atoms with Gasteiger partial charge in [-0.2, -0.15) is 0 Å². The van der Waals surface area contributed by atoms with Crippen molar-refractivity contribution in [1.82, 2.24) is 16.0 Å². The second-order valence-electron chi connectivity index (χ2n) is 8.03. The normalized spacial score (nSPS) is 25.8. The first-order valence-electron chi connectivity index (χ1n) is 9.62. The Morgan fingerprint density at radius 2 is 1.90 bits per heavy atom. The van der Waals surface area contributed by atoms with E-state index >= 15 is 0 Å². The number of rotatable bonds is 9. The molecule has 14 heteroatoms. The summed E-state index contributed by atoms with van der Waals surface area (Å²) in [4.78, 5) is 51.2. The second kappa shape index (κ2) is 10.8. The number of alkyl carbamates (subject to hydrolysis) is 1. The Kier molecular flexibility index (Phi) is 8.70. The van der Waals surface area contributed by atoms with E-state index < -0.39 is 53.1 Å². The highest BCUT2D eigenvalue weighted by Gasteiger charge is 2.50. The summed E-state index contributed by atoms with van der Waals surface area (Å²) in [6.45, 7) is 6.52. The third-order valence-corrected chi connectivity index (χ3v) is 5.19. The number of nitrogens with zero attached hydrogens (tertiary/aromatic N) is 1. The summed E-state index contributed by atoms with van der Waals surface area (Å²) < 4.78 is 16.3. The van der Waals surface area contributed by atoms with Crippen molar-refractivity contribution in [3.63, 3.8) is 0 Å². The summed E-state index contributed by atoms with van der Waals surface area (Å²) in [6, 6.07) is -1.53. The summed E-state index contributed by atoms with van der Waals surface area (Å²) >= 11 is 1.24. The molecule has 2 heterocycles. The van der Waals surface area contributed by atoms with Gasteiger partial charge in [-0.05, 0) is 20.8 Å². The van der Waals surface area contributed by atoms with Gasteiger partial charge in [-0.1, -0.05) is 0 Å². The molecular weight excluding hydrogens is 436 g/mol. The van der Waals surface area contributed by atoms with Crippen molar-refractivity contribution in [3.05, 3.63) is 10.1 Å². The van der Waals surface area contributed by atoms with Gasteiger partial charge in [0.1, 0.15) is 23.9 Å². The molecule has 176 valence electrons. The standard InChI is InChI=1S/C17H28N4O9S/c1-9(22)18-8-31-7-11(20-16(24)29-17(2,3)4)15(23)19-10-5-27-14-12(30-21(25)26)6-28-13(10)14/h10-14H,5-8H2,1-4H3,(H,18,22)(H,19,23)(H,20,24)/t10-,11-,12+,13+,14+/m0/s1. The summed E-state index contributed by atoms with van der Waals surface area (Å²) in [5.41, 5.74) is -0.745. The molecule has 0 aromatic carbocycles. The lowest BCUT2D eigenvalue weighted by Gasteiger charge is -2.25. The third kappa shape index (κ3) is 8.03. The van der Waals surface area contributed by atoms with E-state index in [4.69, 9.17) is 14.2 Å². The molecule has 3 N–H and O–H groups in total. The molecule has 2 aliphatic rings. The van der Waals surface area contributed by atoms with Crippen LogP contribution in [0.15, 0.2) is 0 Å². The Labute approximate surface area is 183 Å². The average Bonchev–Trinajstić information content (AvgIpc) is 3.19. The Morgan fingerprint density at radius 1 is 1.23 bits per heavy atom. The van der Waals surface area contributed by atoms with Crippen LogP contribution in [0.2, 0.25) is 0 Å². The van der Waals surface area contributed by atoms with Gasteiger partial charge in [0.25, 0.3) is 5.09 Å². The van der Waals surface area contributed by atoms with Crippen LogP contribution in [0.5, 0.6) is 0 Å². The van der Waals surface area contributed by atoms with Gasteiger partial charge in [0.15, 0.2) is 6.10 Å². The monoisotopic (exact) mass is 464 g/mol. The molecule has 0 aromatic rings. The van der Waals surface area contributed by atoms with Crippen LogP contribution in [-0.4, -0.2) is 83.8 Å². The molecule has 3 amide bonds. The van der Waals surface area contributed by atoms with E-state index in [1.54, 1.807) is 20.8 Å². The van der Waals surface area contributed by atoms with Crippen LogP contribution < -0.4 is 16.0 Å². The number of carbonyl (C=O) groups excluding carboxylic acids is 3. The van der Waals surface area contributed by atoms with Gasteiger partial charge in [0, 0.05) is 12.7 Å². The maximum Gasteiger partial charge on any atom is 0.408 e. The molecule has 0 radical (unpaired) electrons. The number of amides is 3. The number of thioether (sulfide) groups is 1. The van der Waals surface area contributed by atoms with Crippen LogP contribution >= 0.6 is 11.8 Å². The molecule has 2 rings (SSSR count). The predicted octanol–water partition coefficient (Wildman–Crippen LogP) is -0.434. The Morgan fingerprint density at radius 3 is 2.52 bits per heavy atom. The Balaban J connectivity index is 1.95. The molecule has 0 saturated carbocycles. The van der Waals surface area contributed by atoms with Crippen molar-refractivity contribution in [1.29, 1.82) is 0 Å². The number of hydrogen-bond acceptors (Lipinski definition) is 10. The van der Waals surface area contributed by atoms with Gasteiger partial charge in [0.2, 0.25) is 11.8 Å². The van der Waals surface area contributed by atoms with Crippen molar-refractivity contribution in [2.45, 2.75) is 63.7 Å². The molecule has 0 spiro atoms. The first kappa shape index (κ1) is 24.9. The topological polar surface area (TPSA) is 167 Å². The van der Waals surface area contributed by atoms with Crippen molar-refractivity contribution in [2.75, 3.05) is 24.8 Å². The van der Waals surface area contributed by atoms with Crippen LogP contribution in [-0.2, 0) is 28.6 Å². The molecule has 0 aliphatic carbocycles. The van der Waals surface area contributed by atoms with E-state index in [1.807, 2.05) is 0 Å². The molecule has 0 unspecified atom stereocenters. The minimum atomic E-state index is -0.958. The minimum Gasteiger partial charge on any atom is -0.444 e. The molecular formula is C17H28N4O9S. The SMILES string of the molecule is CC(=O)NCSC[C@H](NC(=O)OC(C)(C)C)C(=O)N[C@H]1CO[C@H]2[C@@H]1OC[C@H]2O[N+](=O)[O-]. The Bertz CT molecular complexity index is 687. The summed E-state index contributed by atoms with van der Waals surface area (Å²) in [5.74, 6) is -0.290. The largest absolute Gasteiger partial charge is 0.444 e. The number of hydrogen-bond donors (Lipinski definition) is 3.